The first-order chi connectivity index (χ1) is 26.0. The molecule has 2 bridgehead atoms. The first-order valence-electron chi connectivity index (χ1n) is 20.4. The highest BCUT2D eigenvalue weighted by molar-refractivity contribution is 5.98. The molecule has 3 saturated carbocycles. The predicted molar refractivity (Wildman–Crippen MR) is 224 cm³/mol. The van der Waals surface area contributed by atoms with Crippen LogP contribution in [0.5, 0.6) is 0 Å². The SMILES string of the molecule is CC1(C)c2ccccc2-c2cc(-c3ccccc3-c3ccccc3)c(N(c3ccc(C4CCCCC4)cc3)c3ccc(C45CCC(CC4)C5)cc3)cc21. The molecule has 0 N–H and O–H groups in total. The Morgan fingerprint density at radius 2 is 1.13 bits per heavy atom. The Hall–Kier alpha value is -4.88. The minimum Gasteiger partial charge on any atom is -0.310 e. The van der Waals surface area contributed by atoms with Gasteiger partial charge < -0.3 is 4.90 Å². The number of hydrogen-bond acceptors (Lipinski definition) is 1. The van der Waals surface area contributed by atoms with E-state index in [1.807, 2.05) is 0 Å². The van der Waals surface area contributed by atoms with Crippen LogP contribution >= 0.6 is 0 Å². The van der Waals surface area contributed by atoms with Crippen molar-refractivity contribution >= 4 is 17.1 Å². The van der Waals surface area contributed by atoms with Gasteiger partial charge in [-0.2, -0.15) is 0 Å². The summed E-state index contributed by atoms with van der Waals surface area (Å²) in [6.07, 6.45) is 13.6. The van der Waals surface area contributed by atoms with Gasteiger partial charge in [-0.25, -0.2) is 0 Å². The van der Waals surface area contributed by atoms with Crippen LogP contribution in [0.3, 0.4) is 0 Å². The standard InChI is InChI=1S/C52H51N/c1-51(2)48-20-12-11-19-45(48)46-33-47(44-18-10-9-17-43(44)39-15-7-4-8-16-39)50(34-49(46)51)53(41-25-21-38(22-26-41)37-13-5-3-6-14-37)42-27-23-40(24-28-42)52-31-29-36(35-52)30-32-52/h4,7-12,15-28,33-34,36-37H,3,5-6,13-14,29-32,35H2,1-2H3. The van der Waals surface area contributed by atoms with Crippen LogP contribution in [0.2, 0.25) is 0 Å². The predicted octanol–water partition coefficient (Wildman–Crippen LogP) is 14.7. The van der Waals surface area contributed by atoms with E-state index in [-0.39, 0.29) is 5.41 Å². The summed E-state index contributed by atoms with van der Waals surface area (Å²) < 4.78 is 0. The van der Waals surface area contributed by atoms with Crippen molar-refractivity contribution in [1.29, 1.82) is 0 Å². The third-order valence-corrected chi connectivity index (χ3v) is 14.0. The van der Waals surface area contributed by atoms with Gasteiger partial charge in [0.05, 0.1) is 5.69 Å². The summed E-state index contributed by atoms with van der Waals surface area (Å²) in [5, 5.41) is 0. The molecule has 0 aliphatic heterocycles. The summed E-state index contributed by atoms with van der Waals surface area (Å²) in [4.78, 5) is 2.58. The maximum atomic E-state index is 2.58. The van der Waals surface area contributed by atoms with Crippen LogP contribution in [0.4, 0.5) is 17.1 Å². The quantitative estimate of drug-likeness (QED) is 0.161. The molecule has 10 rings (SSSR count). The first-order valence-corrected chi connectivity index (χ1v) is 20.4. The molecular weight excluding hydrogens is 639 g/mol. The number of fused-ring (bicyclic) bond motifs is 5. The van der Waals surface area contributed by atoms with Crippen LogP contribution in [-0.4, -0.2) is 0 Å². The van der Waals surface area contributed by atoms with Gasteiger partial charge in [-0.1, -0.05) is 136 Å². The number of nitrogens with zero attached hydrogens (tertiary/aromatic N) is 1. The van der Waals surface area contributed by atoms with E-state index in [1.165, 1.54) is 131 Å². The molecule has 0 saturated heterocycles. The molecule has 0 aromatic heterocycles. The average Bonchev–Trinajstić information content (AvgIpc) is 3.91. The molecule has 0 spiro atoms. The van der Waals surface area contributed by atoms with Crippen molar-refractivity contribution in [2.75, 3.05) is 4.90 Å². The molecule has 4 aliphatic rings. The van der Waals surface area contributed by atoms with Crippen molar-refractivity contribution in [3.8, 4) is 33.4 Å². The van der Waals surface area contributed by atoms with Gasteiger partial charge >= 0.3 is 0 Å². The zero-order valence-electron chi connectivity index (χ0n) is 31.5. The van der Waals surface area contributed by atoms with E-state index >= 15 is 0 Å². The fraction of sp³-hybridized carbons (Fsp3) is 0.308. The molecule has 6 aromatic rings. The zero-order chi connectivity index (χ0) is 35.6. The smallest absolute Gasteiger partial charge is 0.0543 e. The summed E-state index contributed by atoms with van der Waals surface area (Å²) in [6.45, 7) is 4.82. The molecule has 1 heteroatoms. The van der Waals surface area contributed by atoms with Crippen molar-refractivity contribution in [3.63, 3.8) is 0 Å². The maximum absolute atomic E-state index is 2.58. The van der Waals surface area contributed by atoms with Crippen LogP contribution in [-0.2, 0) is 10.8 Å². The van der Waals surface area contributed by atoms with E-state index in [0.29, 0.717) is 11.3 Å². The Morgan fingerprint density at radius 1 is 0.509 bits per heavy atom. The largest absolute Gasteiger partial charge is 0.310 e. The zero-order valence-corrected chi connectivity index (χ0v) is 31.5. The van der Waals surface area contributed by atoms with E-state index in [9.17, 15) is 0 Å². The minimum absolute atomic E-state index is 0.112. The highest BCUT2D eigenvalue weighted by atomic mass is 15.1. The van der Waals surface area contributed by atoms with Gasteiger partial charge in [0.25, 0.3) is 0 Å². The van der Waals surface area contributed by atoms with Crippen molar-refractivity contribution in [2.24, 2.45) is 5.92 Å². The summed E-state index contributed by atoms with van der Waals surface area (Å²) in [5.41, 5.74) is 17.6. The molecule has 0 atom stereocenters. The molecule has 3 fully saturated rings. The van der Waals surface area contributed by atoms with Crippen molar-refractivity contribution < 1.29 is 0 Å². The summed E-state index contributed by atoms with van der Waals surface area (Å²) in [7, 11) is 0. The Bertz CT molecular complexity index is 2260. The highest BCUT2D eigenvalue weighted by Crippen LogP contribution is 2.57. The lowest BCUT2D eigenvalue weighted by atomic mass is 9.78. The van der Waals surface area contributed by atoms with Gasteiger partial charge in [-0.05, 0) is 149 Å². The molecule has 0 amide bonds. The lowest BCUT2D eigenvalue weighted by Crippen LogP contribution is -2.20. The van der Waals surface area contributed by atoms with E-state index in [4.69, 9.17) is 0 Å². The van der Waals surface area contributed by atoms with Gasteiger partial charge in [-0.3, -0.25) is 0 Å². The fourth-order valence-electron chi connectivity index (χ4n) is 11.0. The van der Waals surface area contributed by atoms with Crippen molar-refractivity contribution in [2.45, 2.75) is 94.8 Å². The lowest BCUT2D eigenvalue weighted by molar-refractivity contribution is 0.419. The molecular formula is C52H51N. The van der Waals surface area contributed by atoms with Crippen LogP contribution in [0.1, 0.15) is 106 Å². The van der Waals surface area contributed by atoms with E-state index < -0.39 is 0 Å². The van der Waals surface area contributed by atoms with E-state index in [1.54, 1.807) is 5.56 Å². The number of anilines is 3. The van der Waals surface area contributed by atoms with E-state index in [2.05, 4.69) is 158 Å². The molecule has 1 nitrogen and oxygen atoms in total. The number of benzene rings is 6. The third kappa shape index (κ3) is 5.50. The van der Waals surface area contributed by atoms with Crippen molar-refractivity contribution in [1.82, 2.24) is 0 Å². The van der Waals surface area contributed by atoms with Gasteiger partial charge in [0.2, 0.25) is 0 Å². The first kappa shape index (κ1) is 32.7. The Labute approximate surface area is 316 Å². The number of hydrogen-bond donors (Lipinski definition) is 0. The Kier molecular flexibility index (Phi) is 7.97. The van der Waals surface area contributed by atoms with Crippen LogP contribution < -0.4 is 4.90 Å². The molecule has 0 heterocycles. The second-order valence-electron chi connectivity index (χ2n) is 17.2. The second kappa shape index (κ2) is 12.9. The van der Waals surface area contributed by atoms with Gasteiger partial charge in [0.1, 0.15) is 0 Å². The minimum atomic E-state index is -0.112. The van der Waals surface area contributed by atoms with Crippen molar-refractivity contribution in [3.05, 3.63) is 162 Å². The molecule has 0 radical (unpaired) electrons. The molecule has 53 heavy (non-hydrogen) atoms. The average molecular weight is 690 g/mol. The normalized spacial score (nSPS) is 21.4. The van der Waals surface area contributed by atoms with Gasteiger partial charge in [0, 0.05) is 22.4 Å². The van der Waals surface area contributed by atoms with Crippen LogP contribution in [0, 0.1) is 5.92 Å². The van der Waals surface area contributed by atoms with Crippen LogP contribution in [0.25, 0.3) is 33.4 Å². The Morgan fingerprint density at radius 3 is 1.81 bits per heavy atom. The monoisotopic (exact) mass is 689 g/mol. The Balaban J connectivity index is 1.20. The second-order valence-corrected chi connectivity index (χ2v) is 17.2. The summed E-state index contributed by atoms with van der Waals surface area (Å²) in [5.74, 6) is 1.61. The third-order valence-electron chi connectivity index (χ3n) is 14.0. The lowest BCUT2D eigenvalue weighted by Gasteiger charge is -2.32. The van der Waals surface area contributed by atoms with E-state index in [0.717, 1.165) is 5.92 Å². The molecule has 264 valence electrons. The summed E-state index contributed by atoms with van der Waals surface area (Å²) >= 11 is 0. The molecule has 6 aromatic carbocycles. The van der Waals surface area contributed by atoms with Gasteiger partial charge in [0.15, 0.2) is 0 Å². The topological polar surface area (TPSA) is 3.24 Å². The summed E-state index contributed by atoms with van der Waals surface area (Å²) in [6, 6.07) is 53.6. The number of rotatable bonds is 7. The fourth-order valence-corrected chi connectivity index (χ4v) is 11.0. The molecule has 0 unspecified atom stereocenters. The molecule has 4 aliphatic carbocycles. The van der Waals surface area contributed by atoms with Crippen LogP contribution in [0.15, 0.2) is 140 Å². The highest BCUT2D eigenvalue weighted by Gasteiger charge is 2.45. The maximum Gasteiger partial charge on any atom is 0.0543 e. The van der Waals surface area contributed by atoms with Gasteiger partial charge in [-0.15, -0.1) is 0 Å².